The van der Waals surface area contributed by atoms with Crippen molar-refractivity contribution in [1.82, 2.24) is 20.9 Å². The minimum Gasteiger partial charge on any atom is -0.312 e. The van der Waals surface area contributed by atoms with Gasteiger partial charge in [0.2, 0.25) is 11.8 Å². The smallest absolute Gasteiger partial charge is 0.262 e. The van der Waals surface area contributed by atoms with Crippen molar-refractivity contribution in [3.8, 4) is 0 Å². The summed E-state index contributed by atoms with van der Waals surface area (Å²) in [5.74, 6) is -1.19. The van der Waals surface area contributed by atoms with Gasteiger partial charge in [0.05, 0.1) is 11.1 Å². The molecule has 0 bridgehead atoms. The lowest BCUT2D eigenvalue weighted by atomic mass is 10.0. The van der Waals surface area contributed by atoms with Crippen molar-refractivity contribution < 1.29 is 19.2 Å². The van der Waals surface area contributed by atoms with Crippen LogP contribution in [0.1, 0.15) is 45.5 Å². The summed E-state index contributed by atoms with van der Waals surface area (Å²) in [5.41, 5.74) is 1.58. The molecule has 3 fully saturated rings. The maximum atomic E-state index is 12.8. The van der Waals surface area contributed by atoms with E-state index in [0.29, 0.717) is 35.7 Å². The summed E-state index contributed by atoms with van der Waals surface area (Å²) in [5, 5.41) is 9.18. The molecule has 8 heteroatoms. The summed E-state index contributed by atoms with van der Waals surface area (Å²) in [6.45, 7) is 1.59. The van der Waals surface area contributed by atoms with Gasteiger partial charge in [-0.25, -0.2) is 0 Å². The van der Waals surface area contributed by atoms with Gasteiger partial charge in [-0.1, -0.05) is 6.07 Å². The first kappa shape index (κ1) is 16.6. The van der Waals surface area contributed by atoms with Crippen LogP contribution in [0.15, 0.2) is 18.2 Å². The van der Waals surface area contributed by atoms with Gasteiger partial charge in [0.15, 0.2) is 0 Å². The third-order valence-corrected chi connectivity index (χ3v) is 6.03. The molecule has 8 nitrogen and oxygen atoms in total. The average Bonchev–Trinajstić information content (AvgIpc) is 3.26. The summed E-state index contributed by atoms with van der Waals surface area (Å²) in [4.78, 5) is 49.9. The van der Waals surface area contributed by atoms with Gasteiger partial charge in [0, 0.05) is 31.6 Å². The van der Waals surface area contributed by atoms with Crippen molar-refractivity contribution in [2.24, 2.45) is 5.92 Å². The molecular weight excluding hydrogens is 348 g/mol. The molecule has 4 amide bonds. The van der Waals surface area contributed by atoms with E-state index in [9.17, 15) is 19.2 Å². The van der Waals surface area contributed by atoms with E-state index in [-0.39, 0.29) is 18.7 Å². The second-order valence-corrected chi connectivity index (χ2v) is 7.73. The highest BCUT2D eigenvalue weighted by Gasteiger charge is 2.48. The molecule has 140 valence electrons. The van der Waals surface area contributed by atoms with Crippen LogP contribution in [0.2, 0.25) is 0 Å². The molecule has 1 aliphatic carbocycles. The zero-order valence-electron chi connectivity index (χ0n) is 14.7. The lowest BCUT2D eigenvalue weighted by Gasteiger charge is -2.27. The van der Waals surface area contributed by atoms with Crippen LogP contribution in [-0.4, -0.2) is 53.2 Å². The predicted octanol–water partition coefficient (Wildman–Crippen LogP) is -0.462. The maximum absolute atomic E-state index is 12.8. The van der Waals surface area contributed by atoms with E-state index in [4.69, 9.17) is 0 Å². The van der Waals surface area contributed by atoms with Gasteiger partial charge in [0.1, 0.15) is 6.04 Å². The number of hydrogen-bond donors (Lipinski definition) is 3. The Kier molecular flexibility index (Phi) is 3.66. The molecule has 1 saturated carbocycles. The minimum absolute atomic E-state index is 0.122. The van der Waals surface area contributed by atoms with Gasteiger partial charge in [-0.15, -0.1) is 0 Å². The average molecular weight is 368 g/mol. The molecule has 4 aliphatic rings. The van der Waals surface area contributed by atoms with E-state index in [0.717, 1.165) is 17.0 Å². The molecular formula is C19H20N4O4. The molecule has 3 heterocycles. The number of amides is 4. The molecule has 4 atom stereocenters. The van der Waals surface area contributed by atoms with Gasteiger partial charge in [-0.3, -0.25) is 29.4 Å². The summed E-state index contributed by atoms with van der Waals surface area (Å²) < 4.78 is 0. The van der Waals surface area contributed by atoms with Crippen molar-refractivity contribution in [3.05, 3.63) is 34.9 Å². The largest absolute Gasteiger partial charge is 0.312 e. The Labute approximate surface area is 155 Å². The van der Waals surface area contributed by atoms with Crippen LogP contribution in [0, 0.1) is 5.92 Å². The van der Waals surface area contributed by atoms with Crippen LogP contribution in [0.4, 0.5) is 0 Å². The molecule has 3 N–H and O–H groups in total. The molecule has 2 saturated heterocycles. The van der Waals surface area contributed by atoms with Crippen molar-refractivity contribution in [2.45, 2.75) is 43.9 Å². The third kappa shape index (κ3) is 2.67. The van der Waals surface area contributed by atoms with Gasteiger partial charge in [-0.2, -0.15) is 0 Å². The summed E-state index contributed by atoms with van der Waals surface area (Å²) in [6, 6.07) is 5.42. The molecule has 0 radical (unpaired) electrons. The van der Waals surface area contributed by atoms with Gasteiger partial charge >= 0.3 is 0 Å². The standard InChI is InChI=1S/C19H20N4O4/c24-16-4-3-15(17(25)22-16)23-18(26)10-2-1-9(5-11(10)19(23)27)7-20-14-8-21-13-6-12(13)14/h1-2,5,12-15,20-21H,3-4,6-8H2,(H,22,24,25). The summed E-state index contributed by atoms with van der Waals surface area (Å²) >= 11 is 0. The summed E-state index contributed by atoms with van der Waals surface area (Å²) in [7, 11) is 0. The normalized spacial score (nSPS) is 31.8. The molecule has 5 rings (SSSR count). The van der Waals surface area contributed by atoms with Crippen LogP contribution >= 0.6 is 0 Å². The topological polar surface area (TPSA) is 108 Å². The number of carbonyl (C=O) groups excluding carboxylic acids is 4. The zero-order chi connectivity index (χ0) is 18.7. The number of carbonyl (C=O) groups is 4. The summed E-state index contributed by atoms with van der Waals surface area (Å²) in [6.07, 6.45) is 1.51. The van der Waals surface area contributed by atoms with E-state index < -0.39 is 23.8 Å². The van der Waals surface area contributed by atoms with Gasteiger partial charge in [-0.05, 0) is 36.5 Å². The van der Waals surface area contributed by atoms with E-state index in [1.54, 1.807) is 12.1 Å². The zero-order valence-corrected chi connectivity index (χ0v) is 14.7. The van der Waals surface area contributed by atoms with E-state index >= 15 is 0 Å². The van der Waals surface area contributed by atoms with Crippen LogP contribution in [0.5, 0.6) is 0 Å². The molecule has 1 aromatic rings. The molecule has 0 aromatic heterocycles. The van der Waals surface area contributed by atoms with E-state index in [1.807, 2.05) is 6.07 Å². The second-order valence-electron chi connectivity index (χ2n) is 7.73. The Morgan fingerprint density at radius 1 is 1.11 bits per heavy atom. The quantitative estimate of drug-likeness (QED) is 0.621. The Morgan fingerprint density at radius 3 is 2.63 bits per heavy atom. The number of nitrogens with one attached hydrogen (secondary N) is 3. The van der Waals surface area contributed by atoms with Crippen molar-refractivity contribution in [3.63, 3.8) is 0 Å². The Morgan fingerprint density at radius 2 is 1.93 bits per heavy atom. The molecule has 1 aromatic carbocycles. The maximum Gasteiger partial charge on any atom is 0.262 e. The fourth-order valence-electron chi connectivity index (χ4n) is 4.42. The lowest BCUT2D eigenvalue weighted by Crippen LogP contribution is -2.54. The van der Waals surface area contributed by atoms with Gasteiger partial charge in [0.25, 0.3) is 11.8 Å². The highest BCUT2D eigenvalue weighted by atomic mass is 16.2. The number of benzene rings is 1. The van der Waals surface area contributed by atoms with Crippen LogP contribution in [-0.2, 0) is 16.1 Å². The van der Waals surface area contributed by atoms with Crippen LogP contribution < -0.4 is 16.0 Å². The molecule has 4 unspecified atom stereocenters. The van der Waals surface area contributed by atoms with Crippen LogP contribution in [0.25, 0.3) is 0 Å². The fraction of sp³-hybridized carbons (Fsp3) is 0.474. The third-order valence-electron chi connectivity index (χ3n) is 6.03. The van der Waals surface area contributed by atoms with Crippen molar-refractivity contribution in [1.29, 1.82) is 0 Å². The second kappa shape index (κ2) is 5.97. The Balaban J connectivity index is 1.33. The van der Waals surface area contributed by atoms with Crippen LogP contribution in [0.3, 0.4) is 0 Å². The number of hydrogen-bond acceptors (Lipinski definition) is 6. The highest BCUT2D eigenvalue weighted by Crippen LogP contribution is 2.38. The predicted molar refractivity (Wildman–Crippen MR) is 93.6 cm³/mol. The van der Waals surface area contributed by atoms with E-state index in [2.05, 4.69) is 16.0 Å². The minimum atomic E-state index is -0.923. The molecule has 27 heavy (non-hydrogen) atoms. The lowest BCUT2D eigenvalue weighted by molar-refractivity contribution is -0.136. The Bertz CT molecular complexity index is 882. The fourth-order valence-corrected chi connectivity index (χ4v) is 4.42. The number of rotatable bonds is 4. The monoisotopic (exact) mass is 368 g/mol. The first-order chi connectivity index (χ1) is 13.0. The molecule has 3 aliphatic heterocycles. The van der Waals surface area contributed by atoms with Crippen molar-refractivity contribution in [2.75, 3.05) is 6.54 Å². The number of imide groups is 2. The Hall–Kier alpha value is -2.58. The first-order valence-electron chi connectivity index (χ1n) is 9.34. The van der Waals surface area contributed by atoms with E-state index in [1.165, 1.54) is 6.42 Å². The SMILES string of the molecule is O=C1CCC(N2C(=O)c3ccc(CNC4CNC5CC45)cc3C2=O)C(=O)N1. The first-order valence-corrected chi connectivity index (χ1v) is 9.34. The van der Waals surface area contributed by atoms with Gasteiger partial charge < -0.3 is 10.6 Å². The highest BCUT2D eigenvalue weighted by molar-refractivity contribution is 6.23. The van der Waals surface area contributed by atoms with Crippen molar-refractivity contribution >= 4 is 23.6 Å². The number of fused-ring (bicyclic) bond motifs is 2. The number of nitrogens with zero attached hydrogens (tertiary/aromatic N) is 1. The number of piperidine rings is 2. The molecule has 0 spiro atoms.